The molecule has 0 spiro atoms. The van der Waals surface area contributed by atoms with Crippen LogP contribution in [0, 0.1) is 5.41 Å². The van der Waals surface area contributed by atoms with Crippen LogP contribution in [-0.2, 0) is 19.7 Å². The Morgan fingerprint density at radius 3 is 2.76 bits per heavy atom. The molecule has 21 heavy (non-hydrogen) atoms. The molecule has 0 bridgehead atoms. The third-order valence-corrected chi connectivity index (χ3v) is 5.38. The molecule has 1 fully saturated rings. The summed E-state index contributed by atoms with van der Waals surface area (Å²) in [4.78, 5) is 27.0. The molecule has 0 aliphatic carbocycles. The molecule has 1 aliphatic heterocycles. The molecular formula is C15H21NO4S. The number of methoxy groups -OCH3 is 1. The van der Waals surface area contributed by atoms with E-state index in [0.717, 1.165) is 4.88 Å². The summed E-state index contributed by atoms with van der Waals surface area (Å²) in [5.74, 6) is -0.919. The molecule has 2 rings (SSSR count). The van der Waals surface area contributed by atoms with Gasteiger partial charge in [-0.1, -0.05) is 6.07 Å². The summed E-state index contributed by atoms with van der Waals surface area (Å²) < 4.78 is 5.06. The van der Waals surface area contributed by atoms with Crippen molar-refractivity contribution in [1.29, 1.82) is 0 Å². The molecule has 0 radical (unpaired) electrons. The number of carboxylic acids is 1. The Hall–Kier alpha value is -1.40. The lowest BCUT2D eigenvalue weighted by Gasteiger charge is -2.30. The number of rotatable bonds is 5. The highest BCUT2D eigenvalue weighted by atomic mass is 32.1. The van der Waals surface area contributed by atoms with E-state index in [-0.39, 0.29) is 19.1 Å². The lowest BCUT2D eigenvalue weighted by molar-refractivity contribution is -0.152. The van der Waals surface area contributed by atoms with Gasteiger partial charge in [0.15, 0.2) is 0 Å². The van der Waals surface area contributed by atoms with Gasteiger partial charge in [-0.25, -0.2) is 0 Å². The first-order valence-corrected chi connectivity index (χ1v) is 7.77. The lowest BCUT2D eigenvalue weighted by Crippen LogP contribution is -2.45. The molecule has 1 N–H and O–H groups in total. The molecule has 1 saturated heterocycles. The minimum absolute atomic E-state index is 0.0239. The lowest BCUT2D eigenvalue weighted by atomic mass is 9.87. The normalized spacial score (nSPS) is 22.5. The monoisotopic (exact) mass is 311 g/mol. The number of aliphatic carboxylic acids is 1. The fraction of sp³-hybridized carbons (Fsp3) is 0.600. The van der Waals surface area contributed by atoms with Crippen LogP contribution in [0.15, 0.2) is 17.5 Å². The molecule has 0 aromatic carbocycles. The van der Waals surface area contributed by atoms with Crippen LogP contribution in [0.5, 0.6) is 0 Å². The molecule has 6 heteroatoms. The number of amides is 1. The van der Waals surface area contributed by atoms with Gasteiger partial charge in [0, 0.05) is 25.1 Å². The van der Waals surface area contributed by atoms with Crippen molar-refractivity contribution >= 4 is 23.2 Å². The quantitative estimate of drug-likeness (QED) is 0.903. The summed E-state index contributed by atoms with van der Waals surface area (Å²) in [5.41, 5.74) is -1.61. The predicted molar refractivity (Wildman–Crippen MR) is 80.5 cm³/mol. The Bertz CT molecular complexity index is 526. The van der Waals surface area contributed by atoms with E-state index in [0.29, 0.717) is 13.0 Å². The third kappa shape index (κ3) is 2.82. The second-order valence-corrected chi connectivity index (χ2v) is 7.05. The van der Waals surface area contributed by atoms with Gasteiger partial charge in [-0.15, -0.1) is 11.3 Å². The number of nitrogens with zero attached hydrogens (tertiary/aromatic N) is 1. The van der Waals surface area contributed by atoms with Crippen LogP contribution < -0.4 is 0 Å². The van der Waals surface area contributed by atoms with Crippen LogP contribution >= 0.6 is 11.3 Å². The van der Waals surface area contributed by atoms with E-state index < -0.39 is 16.8 Å². The predicted octanol–water partition coefficient (Wildman–Crippen LogP) is 1.98. The number of carbonyl (C=O) groups excluding carboxylic acids is 1. The number of thiophene rings is 1. The van der Waals surface area contributed by atoms with Gasteiger partial charge in [-0.3, -0.25) is 9.59 Å². The summed E-state index contributed by atoms with van der Waals surface area (Å²) in [5, 5.41) is 11.4. The van der Waals surface area contributed by atoms with Crippen molar-refractivity contribution in [3.8, 4) is 0 Å². The number of carboxylic acid groups (broad SMARTS) is 1. The summed E-state index contributed by atoms with van der Waals surface area (Å²) in [7, 11) is 1.49. The minimum Gasteiger partial charge on any atom is -0.481 e. The molecular weight excluding hydrogens is 290 g/mol. The van der Waals surface area contributed by atoms with Gasteiger partial charge in [0.05, 0.1) is 12.0 Å². The fourth-order valence-corrected chi connectivity index (χ4v) is 3.65. The second-order valence-electron chi connectivity index (χ2n) is 6.10. The maximum absolute atomic E-state index is 12.8. The largest absolute Gasteiger partial charge is 0.481 e. The molecule has 1 atom stereocenters. The van der Waals surface area contributed by atoms with Gasteiger partial charge >= 0.3 is 5.97 Å². The van der Waals surface area contributed by atoms with E-state index in [2.05, 4.69) is 0 Å². The number of ether oxygens (including phenoxy) is 1. The first kappa shape index (κ1) is 16.0. The molecule has 0 saturated carbocycles. The van der Waals surface area contributed by atoms with Crippen LogP contribution in [0.3, 0.4) is 0 Å². The fourth-order valence-electron chi connectivity index (χ4n) is 2.81. The third-order valence-electron chi connectivity index (χ3n) is 4.19. The first-order chi connectivity index (χ1) is 9.83. The van der Waals surface area contributed by atoms with Gasteiger partial charge in [0.25, 0.3) is 0 Å². The van der Waals surface area contributed by atoms with Crippen molar-refractivity contribution in [2.45, 2.75) is 25.7 Å². The maximum Gasteiger partial charge on any atom is 0.313 e. The van der Waals surface area contributed by atoms with Gasteiger partial charge in [0.2, 0.25) is 5.91 Å². The standard InChI is InChI=1S/C15H21NO4S/c1-14(2,11-5-4-8-21-11)12(17)16-7-6-15(9-16,10-20-3)13(18)19/h4-5,8H,6-7,9-10H2,1-3H3,(H,18,19). The second kappa shape index (κ2) is 5.77. The van der Waals surface area contributed by atoms with Crippen molar-refractivity contribution < 1.29 is 19.4 Å². The van der Waals surface area contributed by atoms with Gasteiger partial charge in [-0.05, 0) is 31.7 Å². The van der Waals surface area contributed by atoms with E-state index >= 15 is 0 Å². The number of hydrogen-bond donors (Lipinski definition) is 1. The zero-order chi connectivity index (χ0) is 15.7. The molecule has 1 aromatic rings. The van der Waals surface area contributed by atoms with Crippen molar-refractivity contribution in [3.05, 3.63) is 22.4 Å². The average molecular weight is 311 g/mol. The van der Waals surface area contributed by atoms with E-state index in [4.69, 9.17) is 4.74 Å². The van der Waals surface area contributed by atoms with Crippen LogP contribution in [0.2, 0.25) is 0 Å². The van der Waals surface area contributed by atoms with E-state index in [1.54, 1.807) is 16.2 Å². The zero-order valence-corrected chi connectivity index (χ0v) is 13.4. The summed E-state index contributed by atoms with van der Waals surface area (Å²) in [6, 6.07) is 3.86. The van der Waals surface area contributed by atoms with E-state index in [1.807, 2.05) is 31.4 Å². The van der Waals surface area contributed by atoms with Crippen LogP contribution in [0.25, 0.3) is 0 Å². The Morgan fingerprint density at radius 1 is 1.52 bits per heavy atom. The van der Waals surface area contributed by atoms with Crippen LogP contribution in [0.1, 0.15) is 25.1 Å². The molecule has 1 amide bonds. The number of hydrogen-bond acceptors (Lipinski definition) is 4. The zero-order valence-electron chi connectivity index (χ0n) is 12.6. The minimum atomic E-state index is -0.976. The van der Waals surface area contributed by atoms with E-state index in [9.17, 15) is 14.7 Å². The molecule has 1 aliphatic rings. The topological polar surface area (TPSA) is 66.8 Å². The summed E-state index contributed by atoms with van der Waals surface area (Å²) in [6.45, 7) is 4.58. The Kier molecular flexibility index (Phi) is 4.39. The highest BCUT2D eigenvalue weighted by Crippen LogP contribution is 2.36. The number of likely N-dealkylation sites (tertiary alicyclic amines) is 1. The summed E-state index contributed by atoms with van der Waals surface area (Å²) >= 11 is 1.54. The molecule has 2 heterocycles. The van der Waals surface area contributed by atoms with Crippen LogP contribution in [0.4, 0.5) is 0 Å². The van der Waals surface area contributed by atoms with Crippen molar-refractivity contribution in [3.63, 3.8) is 0 Å². The molecule has 5 nitrogen and oxygen atoms in total. The molecule has 1 unspecified atom stereocenters. The van der Waals surface area contributed by atoms with Crippen molar-refractivity contribution in [1.82, 2.24) is 4.90 Å². The maximum atomic E-state index is 12.8. The first-order valence-electron chi connectivity index (χ1n) is 6.89. The van der Waals surface area contributed by atoms with Crippen LogP contribution in [-0.4, -0.2) is 48.7 Å². The molecule has 116 valence electrons. The Morgan fingerprint density at radius 2 is 2.24 bits per heavy atom. The highest BCUT2D eigenvalue weighted by Gasteiger charge is 2.48. The summed E-state index contributed by atoms with van der Waals surface area (Å²) in [6.07, 6.45) is 0.433. The van der Waals surface area contributed by atoms with Gasteiger partial charge in [0.1, 0.15) is 5.41 Å². The Balaban J connectivity index is 2.17. The smallest absolute Gasteiger partial charge is 0.313 e. The average Bonchev–Trinajstić information content (AvgIpc) is 3.08. The van der Waals surface area contributed by atoms with Crippen molar-refractivity contribution in [2.24, 2.45) is 5.41 Å². The SMILES string of the molecule is COCC1(C(=O)O)CCN(C(=O)C(C)(C)c2cccs2)C1. The van der Waals surface area contributed by atoms with E-state index in [1.165, 1.54) is 7.11 Å². The molecule has 1 aromatic heterocycles. The number of carbonyl (C=O) groups is 2. The van der Waals surface area contributed by atoms with Crippen molar-refractivity contribution in [2.75, 3.05) is 26.8 Å². The highest BCUT2D eigenvalue weighted by molar-refractivity contribution is 7.10. The Labute approximate surface area is 128 Å². The van der Waals surface area contributed by atoms with Gasteiger partial charge < -0.3 is 14.7 Å². The van der Waals surface area contributed by atoms with Gasteiger partial charge in [-0.2, -0.15) is 0 Å².